The fraction of sp³-hybridized carbons (Fsp3) is 0.583. The van der Waals surface area contributed by atoms with Crippen LogP contribution in [0, 0.1) is 0 Å². The molecule has 0 amide bonds. The van der Waals surface area contributed by atoms with Crippen molar-refractivity contribution in [1.29, 1.82) is 0 Å². The lowest BCUT2D eigenvalue weighted by atomic mass is 10.0. The molecular formula is C12H16N4. The van der Waals surface area contributed by atoms with Crippen LogP contribution in [0.1, 0.15) is 32.1 Å². The number of nitrogens with zero attached hydrogens (tertiary/aromatic N) is 4. The van der Waals surface area contributed by atoms with Gasteiger partial charge < -0.3 is 0 Å². The number of rotatable bonds is 1. The predicted octanol–water partition coefficient (Wildman–Crippen LogP) is 2.97. The lowest BCUT2D eigenvalue weighted by molar-refractivity contribution is 0.523. The maximum Gasteiger partial charge on any atom is 0.150 e. The number of hydrogen-bond acceptors (Lipinski definition) is 4. The first-order valence-electron chi connectivity index (χ1n) is 6.06. The van der Waals surface area contributed by atoms with E-state index in [1.165, 1.54) is 32.1 Å². The Morgan fingerprint density at radius 3 is 2.94 bits per heavy atom. The van der Waals surface area contributed by atoms with Crippen molar-refractivity contribution < 1.29 is 0 Å². The normalized spacial score (nSPS) is 28.9. The first kappa shape index (κ1) is 9.75. The van der Waals surface area contributed by atoms with E-state index in [2.05, 4.69) is 15.3 Å². The van der Waals surface area contributed by atoms with Crippen LogP contribution >= 0.6 is 0 Å². The lowest BCUT2D eigenvalue weighted by Gasteiger charge is -2.22. The smallest absolute Gasteiger partial charge is 0.150 e. The standard InChI is InChI=1S/C12H16N4/c1-2-6-10-11(7-3-1)16(15-14-10)12-8-4-5-9-13-12/h4-5,8-11H,1-3,6-7H2/t10-,11-/m0/s1. The van der Waals surface area contributed by atoms with Gasteiger partial charge in [0.25, 0.3) is 0 Å². The highest BCUT2D eigenvalue weighted by atomic mass is 15.6. The van der Waals surface area contributed by atoms with Crippen molar-refractivity contribution in [3.8, 4) is 0 Å². The molecule has 3 rings (SSSR count). The van der Waals surface area contributed by atoms with Gasteiger partial charge in [0.1, 0.15) is 0 Å². The molecule has 0 bridgehead atoms. The highest BCUT2D eigenvalue weighted by molar-refractivity contribution is 5.39. The monoisotopic (exact) mass is 216 g/mol. The van der Waals surface area contributed by atoms with Gasteiger partial charge in [0.15, 0.2) is 5.82 Å². The Balaban J connectivity index is 1.84. The summed E-state index contributed by atoms with van der Waals surface area (Å²) in [4.78, 5) is 4.35. The predicted molar refractivity (Wildman–Crippen MR) is 62.2 cm³/mol. The van der Waals surface area contributed by atoms with E-state index in [0.29, 0.717) is 12.1 Å². The first-order chi connectivity index (χ1) is 7.95. The molecule has 1 aliphatic carbocycles. The minimum Gasteiger partial charge on any atom is -0.237 e. The second-order valence-corrected chi connectivity index (χ2v) is 4.51. The minimum absolute atomic E-state index is 0.393. The highest BCUT2D eigenvalue weighted by Crippen LogP contribution is 2.32. The van der Waals surface area contributed by atoms with Crippen LogP contribution in [0.5, 0.6) is 0 Å². The Morgan fingerprint density at radius 2 is 2.06 bits per heavy atom. The third-order valence-corrected chi connectivity index (χ3v) is 3.44. The van der Waals surface area contributed by atoms with Crippen molar-refractivity contribution in [2.45, 2.75) is 44.2 Å². The first-order valence-corrected chi connectivity index (χ1v) is 6.06. The molecule has 0 N–H and O–H groups in total. The Kier molecular flexibility index (Phi) is 2.56. The lowest BCUT2D eigenvalue weighted by Crippen LogP contribution is -2.34. The molecule has 1 aromatic heterocycles. The molecule has 1 fully saturated rings. The molecular weight excluding hydrogens is 200 g/mol. The van der Waals surface area contributed by atoms with E-state index in [0.717, 1.165) is 5.82 Å². The summed E-state index contributed by atoms with van der Waals surface area (Å²) in [6, 6.07) is 6.78. The minimum atomic E-state index is 0.393. The number of aromatic nitrogens is 1. The van der Waals surface area contributed by atoms with E-state index < -0.39 is 0 Å². The average molecular weight is 216 g/mol. The second kappa shape index (κ2) is 4.20. The number of anilines is 1. The van der Waals surface area contributed by atoms with E-state index in [1.807, 2.05) is 29.4 Å². The van der Waals surface area contributed by atoms with Gasteiger partial charge in [-0.25, -0.2) is 9.99 Å². The summed E-state index contributed by atoms with van der Waals surface area (Å²) in [6.45, 7) is 0. The zero-order valence-corrected chi connectivity index (χ0v) is 9.29. The zero-order chi connectivity index (χ0) is 10.8. The molecule has 1 aromatic rings. The molecule has 2 aliphatic rings. The molecule has 2 atom stereocenters. The molecule has 0 aromatic carbocycles. The summed E-state index contributed by atoms with van der Waals surface area (Å²) in [6.07, 6.45) is 8.09. The van der Waals surface area contributed by atoms with Gasteiger partial charge in [-0.15, -0.1) is 0 Å². The number of pyridine rings is 1. The van der Waals surface area contributed by atoms with Gasteiger partial charge in [0.05, 0.1) is 12.1 Å². The van der Waals surface area contributed by atoms with Crippen molar-refractivity contribution in [2.24, 2.45) is 10.3 Å². The van der Waals surface area contributed by atoms with Crippen LogP contribution in [0.2, 0.25) is 0 Å². The van der Waals surface area contributed by atoms with Crippen molar-refractivity contribution in [2.75, 3.05) is 5.01 Å². The van der Waals surface area contributed by atoms with E-state index in [-0.39, 0.29) is 0 Å². The molecule has 1 saturated carbocycles. The van der Waals surface area contributed by atoms with Crippen LogP contribution in [-0.2, 0) is 0 Å². The van der Waals surface area contributed by atoms with Crippen molar-refractivity contribution in [3.05, 3.63) is 24.4 Å². The van der Waals surface area contributed by atoms with Crippen molar-refractivity contribution in [3.63, 3.8) is 0 Å². The van der Waals surface area contributed by atoms with Crippen molar-refractivity contribution in [1.82, 2.24) is 4.98 Å². The molecule has 2 heterocycles. The van der Waals surface area contributed by atoms with Gasteiger partial charge in [-0.1, -0.05) is 30.6 Å². The number of hydrogen-bond donors (Lipinski definition) is 0. The van der Waals surface area contributed by atoms with E-state index in [9.17, 15) is 0 Å². The molecule has 4 heteroatoms. The van der Waals surface area contributed by atoms with Crippen LogP contribution in [0.15, 0.2) is 34.7 Å². The van der Waals surface area contributed by atoms with Gasteiger partial charge in [0, 0.05) is 6.20 Å². The maximum atomic E-state index is 4.39. The largest absolute Gasteiger partial charge is 0.237 e. The van der Waals surface area contributed by atoms with Gasteiger partial charge >= 0.3 is 0 Å². The summed E-state index contributed by atoms with van der Waals surface area (Å²) >= 11 is 0. The van der Waals surface area contributed by atoms with E-state index in [4.69, 9.17) is 0 Å². The van der Waals surface area contributed by atoms with Crippen LogP contribution < -0.4 is 5.01 Å². The Labute approximate surface area is 95.4 Å². The fourth-order valence-corrected chi connectivity index (χ4v) is 2.58. The molecule has 4 nitrogen and oxygen atoms in total. The summed E-state index contributed by atoms with van der Waals surface area (Å²) < 4.78 is 0. The second-order valence-electron chi connectivity index (χ2n) is 4.51. The zero-order valence-electron chi connectivity index (χ0n) is 9.29. The molecule has 16 heavy (non-hydrogen) atoms. The molecule has 84 valence electrons. The summed E-state index contributed by atoms with van der Waals surface area (Å²) in [7, 11) is 0. The average Bonchev–Trinajstić information content (AvgIpc) is 2.60. The van der Waals surface area contributed by atoms with Crippen LogP contribution in [0.3, 0.4) is 0 Å². The van der Waals surface area contributed by atoms with Crippen LogP contribution in [0.4, 0.5) is 5.82 Å². The molecule has 0 spiro atoms. The van der Waals surface area contributed by atoms with Crippen LogP contribution in [-0.4, -0.2) is 17.1 Å². The Hall–Kier alpha value is -1.45. The summed E-state index contributed by atoms with van der Waals surface area (Å²) in [5.74, 6) is 0.931. The molecule has 0 saturated heterocycles. The van der Waals surface area contributed by atoms with E-state index >= 15 is 0 Å². The Morgan fingerprint density at radius 1 is 1.12 bits per heavy atom. The number of fused-ring (bicyclic) bond motifs is 1. The summed E-state index contributed by atoms with van der Waals surface area (Å²) in [5.41, 5.74) is 0. The van der Waals surface area contributed by atoms with Gasteiger partial charge in [-0.3, -0.25) is 0 Å². The van der Waals surface area contributed by atoms with Gasteiger partial charge in [-0.05, 0) is 25.0 Å². The quantitative estimate of drug-likeness (QED) is 0.724. The molecule has 0 unspecified atom stereocenters. The molecule has 0 radical (unpaired) electrons. The van der Waals surface area contributed by atoms with Gasteiger partial charge in [0.2, 0.25) is 0 Å². The van der Waals surface area contributed by atoms with Crippen molar-refractivity contribution >= 4 is 5.82 Å². The highest BCUT2D eigenvalue weighted by Gasteiger charge is 2.34. The Bertz CT molecular complexity index is 376. The molecule has 1 aliphatic heterocycles. The SMILES string of the molecule is c1ccc(N2N=N[C@H]3CCCCC[C@@H]32)nc1. The fourth-order valence-electron chi connectivity index (χ4n) is 2.58. The van der Waals surface area contributed by atoms with Gasteiger partial charge in [-0.2, -0.15) is 5.11 Å². The van der Waals surface area contributed by atoms with E-state index in [1.54, 1.807) is 0 Å². The van der Waals surface area contributed by atoms with Crippen LogP contribution in [0.25, 0.3) is 0 Å². The summed E-state index contributed by atoms with van der Waals surface area (Å²) in [5, 5.41) is 10.7. The maximum absolute atomic E-state index is 4.39. The third kappa shape index (κ3) is 1.68. The topological polar surface area (TPSA) is 40.9 Å². The third-order valence-electron chi connectivity index (χ3n) is 3.44.